The van der Waals surface area contributed by atoms with Crippen molar-refractivity contribution in [2.75, 3.05) is 26.0 Å². The first kappa shape index (κ1) is 20.8. The molecule has 0 bridgehead atoms. The standard InChI is InChI=1S/C23H30N4O2/c1-16(14-23(29)26(2)3)17-10-11-19(21(28)15-17)20-12-13-22(25-24-20)27(4)18-8-6-5-7-9-18/h10-15,18,28H,5-9H2,1-4H3/b16-14+. The number of likely N-dealkylation sites (N-methyl/N-ethyl adjacent to an activating group) is 1. The second kappa shape index (κ2) is 9.07. The van der Waals surface area contributed by atoms with Gasteiger partial charge in [-0.3, -0.25) is 4.79 Å². The predicted molar refractivity (Wildman–Crippen MR) is 117 cm³/mol. The molecule has 1 fully saturated rings. The second-order valence-electron chi connectivity index (χ2n) is 7.97. The van der Waals surface area contributed by atoms with Crippen LogP contribution in [0.3, 0.4) is 0 Å². The first-order valence-electron chi connectivity index (χ1n) is 10.2. The quantitative estimate of drug-likeness (QED) is 0.773. The van der Waals surface area contributed by atoms with Gasteiger partial charge in [-0.15, -0.1) is 10.2 Å². The molecule has 0 aliphatic heterocycles. The van der Waals surface area contributed by atoms with E-state index in [4.69, 9.17) is 0 Å². The lowest BCUT2D eigenvalue weighted by Gasteiger charge is -2.31. The smallest absolute Gasteiger partial charge is 0.246 e. The molecule has 1 saturated carbocycles. The highest BCUT2D eigenvalue weighted by molar-refractivity contribution is 5.94. The highest BCUT2D eigenvalue weighted by Gasteiger charge is 2.19. The second-order valence-corrected chi connectivity index (χ2v) is 7.97. The molecule has 0 radical (unpaired) electrons. The van der Waals surface area contributed by atoms with Gasteiger partial charge in [-0.1, -0.05) is 25.3 Å². The summed E-state index contributed by atoms with van der Waals surface area (Å²) in [6, 6.07) is 9.74. The highest BCUT2D eigenvalue weighted by atomic mass is 16.3. The minimum absolute atomic E-state index is 0.0883. The Labute approximate surface area is 172 Å². The van der Waals surface area contributed by atoms with Gasteiger partial charge in [0.15, 0.2) is 5.82 Å². The molecule has 154 valence electrons. The van der Waals surface area contributed by atoms with Crippen LogP contribution in [-0.2, 0) is 4.79 Å². The van der Waals surface area contributed by atoms with Gasteiger partial charge in [0.2, 0.25) is 5.91 Å². The molecule has 1 N–H and O–H groups in total. The fourth-order valence-electron chi connectivity index (χ4n) is 3.70. The Morgan fingerprint density at radius 3 is 2.38 bits per heavy atom. The molecular weight excluding hydrogens is 364 g/mol. The van der Waals surface area contributed by atoms with Crippen molar-refractivity contribution in [2.24, 2.45) is 0 Å². The van der Waals surface area contributed by atoms with Crippen LogP contribution in [0, 0.1) is 0 Å². The molecule has 1 aromatic carbocycles. The number of carbonyl (C=O) groups excluding carboxylic acids is 1. The van der Waals surface area contributed by atoms with Crippen LogP contribution in [-0.4, -0.2) is 53.3 Å². The fourth-order valence-corrected chi connectivity index (χ4v) is 3.70. The third-order valence-corrected chi connectivity index (χ3v) is 5.64. The Balaban J connectivity index is 1.77. The van der Waals surface area contributed by atoms with Crippen molar-refractivity contribution in [1.82, 2.24) is 15.1 Å². The lowest BCUT2D eigenvalue weighted by molar-refractivity contribution is -0.123. The summed E-state index contributed by atoms with van der Waals surface area (Å²) >= 11 is 0. The largest absolute Gasteiger partial charge is 0.507 e. The zero-order chi connectivity index (χ0) is 21.0. The topological polar surface area (TPSA) is 69.6 Å². The number of phenolic OH excluding ortho intramolecular Hbond substituents is 1. The van der Waals surface area contributed by atoms with Gasteiger partial charge in [0.25, 0.3) is 0 Å². The third-order valence-electron chi connectivity index (χ3n) is 5.64. The number of carbonyl (C=O) groups is 1. The molecule has 6 nitrogen and oxygen atoms in total. The lowest BCUT2D eigenvalue weighted by atomic mass is 9.94. The van der Waals surface area contributed by atoms with E-state index in [1.54, 1.807) is 26.2 Å². The summed E-state index contributed by atoms with van der Waals surface area (Å²) in [5, 5.41) is 19.3. The maximum absolute atomic E-state index is 11.9. The van der Waals surface area contributed by atoms with Gasteiger partial charge in [-0.05, 0) is 55.2 Å². The molecule has 1 aromatic heterocycles. The number of hydrogen-bond donors (Lipinski definition) is 1. The van der Waals surface area contributed by atoms with E-state index in [0.717, 1.165) is 17.0 Å². The highest BCUT2D eigenvalue weighted by Crippen LogP contribution is 2.31. The van der Waals surface area contributed by atoms with E-state index in [2.05, 4.69) is 22.1 Å². The van der Waals surface area contributed by atoms with Crippen LogP contribution in [0.4, 0.5) is 5.82 Å². The summed E-state index contributed by atoms with van der Waals surface area (Å²) in [5.41, 5.74) is 2.84. The van der Waals surface area contributed by atoms with Crippen molar-refractivity contribution >= 4 is 17.3 Å². The summed E-state index contributed by atoms with van der Waals surface area (Å²) in [6.07, 6.45) is 7.83. The molecule has 0 unspecified atom stereocenters. The summed E-state index contributed by atoms with van der Waals surface area (Å²) in [7, 11) is 5.50. The van der Waals surface area contributed by atoms with Crippen LogP contribution in [0.25, 0.3) is 16.8 Å². The van der Waals surface area contributed by atoms with E-state index in [9.17, 15) is 9.90 Å². The third kappa shape index (κ3) is 4.94. The number of aromatic nitrogens is 2. The molecule has 6 heteroatoms. The van der Waals surface area contributed by atoms with Crippen molar-refractivity contribution in [2.45, 2.75) is 45.1 Å². The minimum atomic E-state index is -0.0883. The van der Waals surface area contributed by atoms with Crippen molar-refractivity contribution in [3.8, 4) is 17.0 Å². The van der Waals surface area contributed by atoms with E-state index in [1.807, 2.05) is 31.2 Å². The van der Waals surface area contributed by atoms with Crippen LogP contribution < -0.4 is 4.90 Å². The number of nitrogens with zero attached hydrogens (tertiary/aromatic N) is 4. The van der Waals surface area contributed by atoms with E-state index in [-0.39, 0.29) is 11.7 Å². The van der Waals surface area contributed by atoms with Crippen LogP contribution in [0.5, 0.6) is 5.75 Å². The number of rotatable bonds is 5. The zero-order valence-electron chi connectivity index (χ0n) is 17.7. The molecule has 1 aliphatic carbocycles. The SMILES string of the molecule is C/C(=C\C(=O)N(C)C)c1ccc(-c2ccc(N(C)C3CCCCC3)nn2)c(O)c1. The maximum atomic E-state index is 11.9. The van der Waals surface area contributed by atoms with Gasteiger partial charge < -0.3 is 14.9 Å². The normalized spacial score (nSPS) is 15.2. The molecule has 1 aliphatic rings. The number of aromatic hydroxyl groups is 1. The van der Waals surface area contributed by atoms with Gasteiger partial charge in [0.1, 0.15) is 5.75 Å². The van der Waals surface area contributed by atoms with Crippen LogP contribution in [0.2, 0.25) is 0 Å². The maximum Gasteiger partial charge on any atom is 0.246 e. The summed E-state index contributed by atoms with van der Waals surface area (Å²) in [4.78, 5) is 15.6. The zero-order valence-corrected chi connectivity index (χ0v) is 17.7. The summed E-state index contributed by atoms with van der Waals surface area (Å²) < 4.78 is 0. The van der Waals surface area contributed by atoms with E-state index >= 15 is 0 Å². The van der Waals surface area contributed by atoms with E-state index in [1.165, 1.54) is 37.0 Å². The van der Waals surface area contributed by atoms with Crippen LogP contribution >= 0.6 is 0 Å². The molecule has 0 atom stereocenters. The van der Waals surface area contributed by atoms with Crippen molar-refractivity contribution in [1.29, 1.82) is 0 Å². The monoisotopic (exact) mass is 394 g/mol. The van der Waals surface area contributed by atoms with Gasteiger partial charge in [-0.2, -0.15) is 0 Å². The molecule has 0 spiro atoms. The Bertz CT molecular complexity index is 884. The molecule has 1 amide bonds. The summed E-state index contributed by atoms with van der Waals surface area (Å²) in [5.74, 6) is 0.891. The number of hydrogen-bond acceptors (Lipinski definition) is 5. The van der Waals surface area contributed by atoms with Crippen molar-refractivity contribution in [3.05, 3.63) is 42.0 Å². The summed E-state index contributed by atoms with van der Waals surface area (Å²) in [6.45, 7) is 1.85. The average molecular weight is 395 g/mol. The van der Waals surface area contributed by atoms with Gasteiger partial charge in [-0.25, -0.2) is 0 Å². The Hall–Kier alpha value is -2.89. The molecular formula is C23H30N4O2. The van der Waals surface area contributed by atoms with Gasteiger partial charge in [0.05, 0.1) is 5.69 Å². The first-order chi connectivity index (χ1) is 13.9. The lowest BCUT2D eigenvalue weighted by Crippen LogP contribution is -2.34. The van der Waals surface area contributed by atoms with E-state index in [0.29, 0.717) is 17.3 Å². The van der Waals surface area contributed by atoms with Gasteiger partial charge in [0, 0.05) is 38.8 Å². The average Bonchev–Trinajstić information content (AvgIpc) is 2.73. The number of phenols is 1. The first-order valence-corrected chi connectivity index (χ1v) is 10.2. The Morgan fingerprint density at radius 2 is 1.79 bits per heavy atom. The molecule has 29 heavy (non-hydrogen) atoms. The Kier molecular flexibility index (Phi) is 6.52. The van der Waals surface area contributed by atoms with Crippen LogP contribution in [0.15, 0.2) is 36.4 Å². The Morgan fingerprint density at radius 1 is 1.07 bits per heavy atom. The van der Waals surface area contributed by atoms with Crippen LogP contribution in [0.1, 0.15) is 44.6 Å². The van der Waals surface area contributed by atoms with Gasteiger partial charge >= 0.3 is 0 Å². The number of allylic oxidation sites excluding steroid dienone is 1. The number of amides is 1. The van der Waals surface area contributed by atoms with E-state index < -0.39 is 0 Å². The molecule has 2 aromatic rings. The fraction of sp³-hybridized carbons (Fsp3) is 0.435. The molecule has 0 saturated heterocycles. The van der Waals surface area contributed by atoms with Crippen molar-refractivity contribution in [3.63, 3.8) is 0 Å². The number of anilines is 1. The predicted octanol–water partition coefficient (Wildman–Crippen LogP) is 4.11. The molecule has 1 heterocycles. The molecule has 3 rings (SSSR count). The number of benzene rings is 1. The van der Waals surface area contributed by atoms with Crippen molar-refractivity contribution < 1.29 is 9.90 Å². The minimum Gasteiger partial charge on any atom is -0.507 e.